The molecule has 0 N–H and O–H groups in total. The van der Waals surface area contributed by atoms with Crippen LogP contribution in [-0.4, -0.2) is 26.4 Å². The van der Waals surface area contributed by atoms with Crippen molar-refractivity contribution < 1.29 is 0 Å². The first-order valence-corrected chi connectivity index (χ1v) is 9.42. The second-order valence-corrected chi connectivity index (χ2v) is 7.29. The summed E-state index contributed by atoms with van der Waals surface area (Å²) in [6.07, 6.45) is 5.37. The standard InChI is InChI=1S/C17H25ClN2S/c1-5-17(6-2,21-4)12-20-15-8-7-13(3)11-14(15)19-16(20)9-10-18/h7-8,11H,5-6,9-10,12H2,1-4H3. The number of halogens is 1. The Bertz CT molecular complexity index is 594. The molecule has 0 amide bonds. The van der Waals surface area contributed by atoms with Gasteiger partial charge in [0, 0.05) is 23.6 Å². The molecule has 0 aliphatic heterocycles. The largest absolute Gasteiger partial charge is 0.327 e. The minimum absolute atomic E-state index is 0.277. The first kappa shape index (κ1) is 16.7. The molecule has 0 radical (unpaired) electrons. The highest BCUT2D eigenvalue weighted by Gasteiger charge is 2.27. The van der Waals surface area contributed by atoms with Gasteiger partial charge in [-0.05, 0) is 43.7 Å². The lowest BCUT2D eigenvalue weighted by Gasteiger charge is -2.31. The van der Waals surface area contributed by atoms with Gasteiger partial charge in [0.25, 0.3) is 0 Å². The maximum Gasteiger partial charge on any atom is 0.111 e. The van der Waals surface area contributed by atoms with Gasteiger partial charge in [-0.3, -0.25) is 0 Å². The van der Waals surface area contributed by atoms with E-state index in [2.05, 4.69) is 49.8 Å². The minimum atomic E-state index is 0.277. The lowest BCUT2D eigenvalue weighted by molar-refractivity contribution is 0.464. The van der Waals surface area contributed by atoms with Crippen LogP contribution in [0.5, 0.6) is 0 Å². The molecule has 0 atom stereocenters. The number of aryl methyl sites for hydroxylation is 2. The molecule has 2 nitrogen and oxygen atoms in total. The summed E-state index contributed by atoms with van der Waals surface area (Å²) in [7, 11) is 0. The molecule has 0 aliphatic rings. The lowest BCUT2D eigenvalue weighted by Crippen LogP contribution is -2.29. The van der Waals surface area contributed by atoms with Crippen molar-refractivity contribution >= 4 is 34.4 Å². The van der Waals surface area contributed by atoms with Crippen molar-refractivity contribution in [3.63, 3.8) is 0 Å². The smallest absolute Gasteiger partial charge is 0.111 e. The molecule has 0 unspecified atom stereocenters. The molecule has 0 saturated carbocycles. The highest BCUT2D eigenvalue weighted by molar-refractivity contribution is 8.00. The molecule has 116 valence electrons. The Morgan fingerprint density at radius 3 is 2.57 bits per heavy atom. The molecular formula is C17H25ClN2S. The molecule has 2 aromatic rings. The van der Waals surface area contributed by atoms with Gasteiger partial charge >= 0.3 is 0 Å². The molecule has 0 aliphatic carbocycles. The van der Waals surface area contributed by atoms with Crippen molar-refractivity contribution in [3.05, 3.63) is 29.6 Å². The van der Waals surface area contributed by atoms with Crippen LogP contribution in [0, 0.1) is 6.92 Å². The Labute approximate surface area is 137 Å². The van der Waals surface area contributed by atoms with Gasteiger partial charge in [0.2, 0.25) is 0 Å². The molecular weight excluding hydrogens is 300 g/mol. The number of thioether (sulfide) groups is 1. The van der Waals surface area contributed by atoms with Crippen molar-refractivity contribution in [3.8, 4) is 0 Å². The summed E-state index contributed by atoms with van der Waals surface area (Å²) in [4.78, 5) is 4.82. The average Bonchev–Trinajstić information content (AvgIpc) is 2.82. The second-order valence-electron chi connectivity index (χ2n) is 5.64. The van der Waals surface area contributed by atoms with Crippen LogP contribution in [0.1, 0.15) is 38.1 Å². The Kier molecular flexibility index (Phi) is 5.61. The van der Waals surface area contributed by atoms with Crippen molar-refractivity contribution in [2.45, 2.75) is 51.3 Å². The van der Waals surface area contributed by atoms with E-state index in [-0.39, 0.29) is 4.75 Å². The number of alkyl halides is 1. The van der Waals surface area contributed by atoms with Crippen molar-refractivity contribution in [1.82, 2.24) is 9.55 Å². The third kappa shape index (κ3) is 3.40. The molecule has 4 heteroatoms. The molecule has 0 fully saturated rings. The van der Waals surface area contributed by atoms with Crippen LogP contribution in [0.3, 0.4) is 0 Å². The highest BCUT2D eigenvalue weighted by atomic mass is 35.5. The summed E-state index contributed by atoms with van der Waals surface area (Å²) < 4.78 is 2.67. The Morgan fingerprint density at radius 1 is 1.29 bits per heavy atom. The average molecular weight is 325 g/mol. The van der Waals surface area contributed by atoms with E-state index in [0.29, 0.717) is 5.88 Å². The number of imidazole rings is 1. The van der Waals surface area contributed by atoms with Crippen LogP contribution in [0.15, 0.2) is 18.2 Å². The molecule has 1 heterocycles. The van der Waals surface area contributed by atoms with E-state index in [1.165, 1.54) is 11.1 Å². The van der Waals surface area contributed by atoms with Crippen molar-refractivity contribution in [2.24, 2.45) is 0 Å². The molecule has 0 saturated heterocycles. The summed E-state index contributed by atoms with van der Waals surface area (Å²) in [5.41, 5.74) is 3.59. The summed E-state index contributed by atoms with van der Waals surface area (Å²) in [6, 6.07) is 6.54. The fraction of sp³-hybridized carbons (Fsp3) is 0.588. The van der Waals surface area contributed by atoms with Gasteiger partial charge in [-0.2, -0.15) is 11.8 Å². The lowest BCUT2D eigenvalue weighted by atomic mass is 10.0. The van der Waals surface area contributed by atoms with Gasteiger partial charge in [0.1, 0.15) is 5.82 Å². The third-order valence-electron chi connectivity index (χ3n) is 4.47. The topological polar surface area (TPSA) is 17.8 Å². The third-order valence-corrected chi connectivity index (χ3v) is 6.23. The fourth-order valence-electron chi connectivity index (χ4n) is 2.86. The van der Waals surface area contributed by atoms with E-state index in [4.69, 9.17) is 16.6 Å². The van der Waals surface area contributed by atoms with E-state index in [1.807, 2.05) is 11.8 Å². The number of hydrogen-bond acceptors (Lipinski definition) is 2. The van der Waals surface area contributed by atoms with Crippen LogP contribution in [0.4, 0.5) is 0 Å². The van der Waals surface area contributed by atoms with Gasteiger partial charge in [0.15, 0.2) is 0 Å². The van der Waals surface area contributed by atoms with E-state index in [1.54, 1.807) is 0 Å². The van der Waals surface area contributed by atoms with E-state index >= 15 is 0 Å². The van der Waals surface area contributed by atoms with E-state index < -0.39 is 0 Å². The van der Waals surface area contributed by atoms with Gasteiger partial charge < -0.3 is 4.57 Å². The van der Waals surface area contributed by atoms with Crippen LogP contribution >= 0.6 is 23.4 Å². The molecule has 1 aromatic carbocycles. The van der Waals surface area contributed by atoms with Gasteiger partial charge in [0.05, 0.1) is 11.0 Å². The van der Waals surface area contributed by atoms with Crippen LogP contribution < -0.4 is 0 Å². The normalized spacial score (nSPS) is 12.2. The Balaban J connectivity index is 2.52. The van der Waals surface area contributed by atoms with E-state index in [0.717, 1.165) is 37.1 Å². The molecule has 2 rings (SSSR count). The first-order valence-electron chi connectivity index (χ1n) is 7.66. The monoisotopic (exact) mass is 324 g/mol. The van der Waals surface area contributed by atoms with Gasteiger partial charge in [-0.15, -0.1) is 11.6 Å². The van der Waals surface area contributed by atoms with E-state index in [9.17, 15) is 0 Å². The van der Waals surface area contributed by atoms with Crippen molar-refractivity contribution in [1.29, 1.82) is 0 Å². The summed E-state index contributed by atoms with van der Waals surface area (Å²) in [6.45, 7) is 7.69. The number of nitrogens with zero attached hydrogens (tertiary/aromatic N) is 2. The van der Waals surface area contributed by atoms with Crippen LogP contribution in [0.25, 0.3) is 11.0 Å². The quantitative estimate of drug-likeness (QED) is 0.663. The molecule has 21 heavy (non-hydrogen) atoms. The number of hydrogen-bond donors (Lipinski definition) is 0. The molecule has 0 bridgehead atoms. The highest BCUT2D eigenvalue weighted by Crippen LogP contribution is 2.34. The zero-order valence-corrected chi connectivity index (χ0v) is 15.0. The molecule has 1 aromatic heterocycles. The Morgan fingerprint density at radius 2 is 2.00 bits per heavy atom. The van der Waals surface area contributed by atoms with Crippen LogP contribution in [-0.2, 0) is 13.0 Å². The Hall–Kier alpha value is -0.670. The number of rotatable bonds is 7. The first-order chi connectivity index (χ1) is 10.1. The summed E-state index contributed by atoms with van der Waals surface area (Å²) >= 11 is 7.95. The maximum absolute atomic E-state index is 5.98. The number of fused-ring (bicyclic) bond motifs is 1. The second kappa shape index (κ2) is 7.06. The predicted octanol–water partition coefficient (Wildman–Crippen LogP) is 5.05. The minimum Gasteiger partial charge on any atom is -0.327 e. The zero-order chi connectivity index (χ0) is 15.5. The van der Waals surface area contributed by atoms with Crippen LogP contribution in [0.2, 0.25) is 0 Å². The van der Waals surface area contributed by atoms with Gasteiger partial charge in [-0.25, -0.2) is 4.98 Å². The molecule has 0 spiro atoms. The zero-order valence-electron chi connectivity index (χ0n) is 13.4. The maximum atomic E-state index is 5.98. The van der Waals surface area contributed by atoms with Crippen molar-refractivity contribution in [2.75, 3.05) is 12.1 Å². The number of aromatic nitrogens is 2. The summed E-state index contributed by atoms with van der Waals surface area (Å²) in [5, 5.41) is 0. The SMILES string of the molecule is CCC(CC)(Cn1c(CCCl)nc2cc(C)ccc21)SC. The summed E-state index contributed by atoms with van der Waals surface area (Å²) in [5.74, 6) is 1.73. The number of benzene rings is 1. The predicted molar refractivity (Wildman–Crippen MR) is 95.7 cm³/mol. The van der Waals surface area contributed by atoms with Gasteiger partial charge in [-0.1, -0.05) is 19.9 Å². The fourth-order valence-corrected chi connectivity index (χ4v) is 3.86.